The average molecular weight is 558 g/mol. The SMILES string of the molecule is CC(C)n1c(C(=O)NC2(C)CCS(=O)(=O)CC2)nc2nc(Oc3ncc(Cl)cc3OCC(F)F)ccc21. The normalized spacial score (nSPS) is 16.8. The zero-order valence-corrected chi connectivity index (χ0v) is 21.9. The minimum Gasteiger partial charge on any atom is -0.482 e. The van der Waals surface area contributed by atoms with E-state index >= 15 is 0 Å². The largest absolute Gasteiger partial charge is 0.482 e. The van der Waals surface area contributed by atoms with Crippen LogP contribution in [0.1, 0.15) is 50.3 Å². The lowest BCUT2D eigenvalue weighted by molar-refractivity contribution is 0.0803. The number of imidazole rings is 1. The maximum atomic E-state index is 13.3. The molecule has 1 aliphatic heterocycles. The van der Waals surface area contributed by atoms with Crippen LogP contribution in [0.25, 0.3) is 11.2 Å². The third-order valence-electron chi connectivity index (χ3n) is 5.94. The summed E-state index contributed by atoms with van der Waals surface area (Å²) in [5.41, 5.74) is 0.109. The molecule has 1 amide bonds. The molecule has 3 aromatic rings. The number of carbonyl (C=O) groups is 1. The second-order valence-corrected chi connectivity index (χ2v) is 12.1. The van der Waals surface area contributed by atoms with Crippen molar-refractivity contribution in [1.82, 2.24) is 24.8 Å². The Morgan fingerprint density at radius 2 is 1.95 bits per heavy atom. The molecule has 1 saturated heterocycles. The molecule has 0 atom stereocenters. The lowest BCUT2D eigenvalue weighted by atomic mass is 9.95. The van der Waals surface area contributed by atoms with Crippen molar-refractivity contribution in [2.45, 2.75) is 51.6 Å². The van der Waals surface area contributed by atoms with E-state index in [0.29, 0.717) is 18.4 Å². The first-order valence-corrected chi connectivity index (χ1v) is 13.7. The molecule has 0 bridgehead atoms. The van der Waals surface area contributed by atoms with Gasteiger partial charge in [-0.2, -0.15) is 4.98 Å². The molecule has 0 aromatic carbocycles. The number of nitrogens with zero attached hydrogens (tertiary/aromatic N) is 4. The van der Waals surface area contributed by atoms with Crippen molar-refractivity contribution in [3.8, 4) is 17.5 Å². The summed E-state index contributed by atoms with van der Waals surface area (Å²) in [6.07, 6.45) is -0.810. The summed E-state index contributed by atoms with van der Waals surface area (Å²) in [5.74, 6) is -0.451. The molecule has 1 aliphatic rings. The molecule has 0 aliphatic carbocycles. The number of fused-ring (bicyclic) bond motifs is 1. The first-order valence-electron chi connectivity index (χ1n) is 11.5. The smallest absolute Gasteiger partial charge is 0.287 e. The maximum absolute atomic E-state index is 13.3. The van der Waals surface area contributed by atoms with Crippen LogP contribution in [0.2, 0.25) is 5.02 Å². The van der Waals surface area contributed by atoms with Gasteiger partial charge in [-0.3, -0.25) is 4.79 Å². The van der Waals surface area contributed by atoms with E-state index in [0.717, 1.165) is 0 Å². The van der Waals surface area contributed by atoms with E-state index in [2.05, 4.69) is 20.3 Å². The highest BCUT2D eigenvalue weighted by Crippen LogP contribution is 2.32. The molecule has 1 fully saturated rings. The van der Waals surface area contributed by atoms with Crippen LogP contribution >= 0.6 is 11.6 Å². The molecule has 0 spiro atoms. The number of alkyl halides is 2. The van der Waals surface area contributed by atoms with E-state index in [1.165, 1.54) is 18.3 Å². The molecular weight excluding hydrogens is 532 g/mol. The number of pyridine rings is 2. The molecule has 14 heteroatoms. The van der Waals surface area contributed by atoms with Gasteiger partial charge >= 0.3 is 0 Å². The summed E-state index contributed by atoms with van der Waals surface area (Å²) in [4.78, 5) is 26.0. The molecule has 10 nitrogen and oxygen atoms in total. The Kier molecular flexibility index (Phi) is 7.56. The van der Waals surface area contributed by atoms with Crippen LogP contribution in [0.15, 0.2) is 24.4 Å². The van der Waals surface area contributed by atoms with Crippen LogP contribution in [0.5, 0.6) is 17.5 Å². The van der Waals surface area contributed by atoms with Crippen molar-refractivity contribution in [1.29, 1.82) is 0 Å². The highest BCUT2D eigenvalue weighted by atomic mass is 35.5. The lowest BCUT2D eigenvalue weighted by Gasteiger charge is -2.34. The number of halogens is 3. The van der Waals surface area contributed by atoms with Crippen molar-refractivity contribution < 1.29 is 31.5 Å². The minimum absolute atomic E-state index is 0.00831. The fourth-order valence-corrected chi connectivity index (χ4v) is 5.86. The number of nitrogens with one attached hydrogen (secondary N) is 1. The van der Waals surface area contributed by atoms with Crippen LogP contribution in [0.3, 0.4) is 0 Å². The van der Waals surface area contributed by atoms with Gasteiger partial charge in [0.1, 0.15) is 16.4 Å². The molecule has 0 unspecified atom stereocenters. The van der Waals surface area contributed by atoms with E-state index < -0.39 is 34.3 Å². The topological polar surface area (TPSA) is 125 Å². The number of sulfone groups is 1. The number of rotatable bonds is 8. The molecular formula is C23H26ClF2N5O5S. The van der Waals surface area contributed by atoms with Gasteiger partial charge in [-0.15, -0.1) is 0 Å². The summed E-state index contributed by atoms with van der Waals surface area (Å²) >= 11 is 5.90. The Hall–Kier alpha value is -3.06. The molecule has 37 heavy (non-hydrogen) atoms. The average Bonchev–Trinajstić information content (AvgIpc) is 3.21. The Balaban J connectivity index is 1.62. The highest BCUT2D eigenvalue weighted by molar-refractivity contribution is 7.91. The second-order valence-electron chi connectivity index (χ2n) is 9.32. The van der Waals surface area contributed by atoms with Gasteiger partial charge in [0, 0.05) is 29.9 Å². The van der Waals surface area contributed by atoms with Gasteiger partial charge in [-0.25, -0.2) is 27.2 Å². The fourth-order valence-electron chi connectivity index (χ4n) is 3.99. The molecule has 0 radical (unpaired) electrons. The Morgan fingerprint density at radius 3 is 2.59 bits per heavy atom. The number of amides is 1. The molecule has 200 valence electrons. The standard InChI is InChI=1S/C23H26ClF2N5O5S/c1-13(2)31-15-4-5-18(36-22-16(35-12-17(25)26)10-14(24)11-27-22)28-19(15)29-20(31)21(32)30-23(3)6-8-37(33,34)9-7-23/h4-5,10-11,13,17H,6-9,12H2,1-3H3,(H,30,32). The van der Waals surface area contributed by atoms with Gasteiger partial charge in [0.25, 0.3) is 18.2 Å². The molecule has 0 saturated carbocycles. The predicted molar refractivity (Wildman–Crippen MR) is 132 cm³/mol. The number of hydrogen-bond acceptors (Lipinski definition) is 8. The summed E-state index contributed by atoms with van der Waals surface area (Å²) in [5, 5.41) is 3.13. The van der Waals surface area contributed by atoms with Crippen molar-refractivity contribution >= 4 is 38.5 Å². The second kappa shape index (κ2) is 10.4. The fraction of sp³-hybridized carbons (Fsp3) is 0.478. The van der Waals surface area contributed by atoms with E-state index in [9.17, 15) is 22.0 Å². The maximum Gasteiger partial charge on any atom is 0.287 e. The zero-order chi connectivity index (χ0) is 27.0. The van der Waals surface area contributed by atoms with Crippen molar-refractivity contribution in [3.05, 3.63) is 35.2 Å². The summed E-state index contributed by atoms with van der Waals surface area (Å²) in [7, 11) is -3.10. The minimum atomic E-state index is -3.10. The zero-order valence-electron chi connectivity index (χ0n) is 20.4. The summed E-state index contributed by atoms with van der Waals surface area (Å²) in [6.45, 7) is 4.73. The van der Waals surface area contributed by atoms with Gasteiger partial charge in [0.05, 0.1) is 22.0 Å². The summed E-state index contributed by atoms with van der Waals surface area (Å²) < 4.78 is 61.4. The lowest BCUT2D eigenvalue weighted by Crippen LogP contribution is -2.51. The van der Waals surface area contributed by atoms with Gasteiger partial charge in [0.2, 0.25) is 11.7 Å². The number of carbonyl (C=O) groups excluding carboxylic acids is 1. The van der Waals surface area contributed by atoms with Crippen LogP contribution in [-0.2, 0) is 9.84 Å². The Bertz CT molecular complexity index is 1420. The Morgan fingerprint density at radius 1 is 1.24 bits per heavy atom. The van der Waals surface area contributed by atoms with Crippen molar-refractivity contribution in [3.63, 3.8) is 0 Å². The quantitative estimate of drug-likeness (QED) is 0.437. The summed E-state index contributed by atoms with van der Waals surface area (Å²) in [6, 6.07) is 4.36. The molecule has 3 aromatic heterocycles. The number of ether oxygens (including phenoxy) is 2. The van der Waals surface area contributed by atoms with Crippen molar-refractivity contribution in [2.24, 2.45) is 0 Å². The number of hydrogen-bond donors (Lipinski definition) is 1. The molecule has 4 heterocycles. The van der Waals surface area contributed by atoms with Crippen LogP contribution < -0.4 is 14.8 Å². The number of aromatic nitrogens is 4. The predicted octanol–water partition coefficient (Wildman–Crippen LogP) is 4.19. The van der Waals surface area contributed by atoms with E-state index in [4.69, 9.17) is 21.1 Å². The van der Waals surface area contributed by atoms with Gasteiger partial charge in [-0.1, -0.05) is 11.6 Å². The van der Waals surface area contributed by atoms with Crippen LogP contribution in [0, 0.1) is 0 Å². The molecule has 4 rings (SSSR count). The van der Waals surface area contributed by atoms with Crippen LogP contribution in [0.4, 0.5) is 8.78 Å². The molecule has 1 N–H and O–H groups in total. The van der Waals surface area contributed by atoms with Crippen LogP contribution in [-0.4, -0.2) is 63.9 Å². The van der Waals surface area contributed by atoms with Crippen molar-refractivity contribution in [2.75, 3.05) is 18.1 Å². The van der Waals surface area contributed by atoms with Gasteiger partial charge in [0.15, 0.2) is 11.4 Å². The monoisotopic (exact) mass is 557 g/mol. The van der Waals surface area contributed by atoms with Gasteiger partial charge < -0.3 is 19.4 Å². The third-order valence-corrected chi connectivity index (χ3v) is 7.80. The first-order chi connectivity index (χ1) is 17.4. The Labute approximate surface area is 217 Å². The van der Waals surface area contributed by atoms with E-state index in [1.54, 1.807) is 10.6 Å². The van der Waals surface area contributed by atoms with Gasteiger partial charge in [-0.05, 0) is 39.7 Å². The highest BCUT2D eigenvalue weighted by Gasteiger charge is 2.36. The van der Waals surface area contributed by atoms with E-state index in [1.807, 2.05) is 20.8 Å². The third kappa shape index (κ3) is 6.27. The first kappa shape index (κ1) is 27.0. The van der Waals surface area contributed by atoms with E-state index in [-0.39, 0.29) is 51.6 Å².